The van der Waals surface area contributed by atoms with E-state index < -0.39 is 28.0 Å². The van der Waals surface area contributed by atoms with E-state index in [4.69, 9.17) is 16.3 Å². The van der Waals surface area contributed by atoms with Crippen LogP contribution in [-0.2, 0) is 19.6 Å². The molecule has 1 amide bonds. The lowest BCUT2D eigenvalue weighted by molar-refractivity contribution is -0.128. The number of amides is 1. The van der Waals surface area contributed by atoms with Gasteiger partial charge in [-0.25, -0.2) is 13.2 Å². The van der Waals surface area contributed by atoms with Gasteiger partial charge in [0, 0.05) is 19.6 Å². The maximum absolute atomic E-state index is 12.6. The number of hydrogen-bond acceptors (Lipinski definition) is 5. The number of benzene rings is 1. The van der Waals surface area contributed by atoms with E-state index in [9.17, 15) is 18.0 Å². The Labute approximate surface area is 159 Å². The highest BCUT2D eigenvalue weighted by atomic mass is 35.5. The number of hydrogen-bond donors (Lipinski definition) is 1. The second-order valence-corrected chi connectivity index (χ2v) is 8.24. The summed E-state index contributed by atoms with van der Waals surface area (Å²) in [6.45, 7) is 8.56. The summed E-state index contributed by atoms with van der Waals surface area (Å²) in [5.41, 5.74) is -0.131. The van der Waals surface area contributed by atoms with Crippen LogP contribution in [0.25, 0.3) is 0 Å². The van der Waals surface area contributed by atoms with Crippen LogP contribution in [0.1, 0.15) is 31.1 Å². The van der Waals surface area contributed by atoms with Crippen molar-refractivity contribution in [3.8, 4) is 0 Å². The Bertz CT molecular complexity index is 792. The maximum Gasteiger partial charge on any atom is 0.340 e. The molecular formula is C17H23ClN2O5S. The zero-order chi connectivity index (χ0) is 20.1. The molecule has 0 spiro atoms. The summed E-state index contributed by atoms with van der Waals surface area (Å²) in [7, 11) is -2.35. The van der Waals surface area contributed by atoms with Crippen LogP contribution in [0, 0.1) is 0 Å². The lowest BCUT2D eigenvalue weighted by Gasteiger charge is -2.21. The van der Waals surface area contributed by atoms with Gasteiger partial charge in [0.25, 0.3) is 5.91 Å². The molecule has 1 N–H and O–H groups in total. The van der Waals surface area contributed by atoms with Crippen molar-refractivity contribution in [1.82, 2.24) is 9.62 Å². The molecule has 0 unspecified atom stereocenters. The van der Waals surface area contributed by atoms with Gasteiger partial charge in [-0.05, 0) is 39.0 Å². The van der Waals surface area contributed by atoms with E-state index in [1.807, 2.05) is 0 Å². The quantitative estimate of drug-likeness (QED) is 0.531. The average molecular weight is 403 g/mol. The Hall–Kier alpha value is -1.90. The lowest BCUT2D eigenvalue weighted by Crippen LogP contribution is -2.36. The highest BCUT2D eigenvalue weighted by Crippen LogP contribution is 2.24. The molecule has 9 heteroatoms. The Morgan fingerprint density at radius 2 is 1.96 bits per heavy atom. The average Bonchev–Trinajstić information content (AvgIpc) is 2.58. The van der Waals surface area contributed by atoms with Crippen molar-refractivity contribution >= 4 is 33.5 Å². The lowest BCUT2D eigenvalue weighted by atomic mass is 10.2. The molecule has 0 heterocycles. The van der Waals surface area contributed by atoms with Crippen LogP contribution in [0.2, 0.25) is 5.02 Å². The van der Waals surface area contributed by atoms with Crippen LogP contribution in [0.5, 0.6) is 0 Å². The van der Waals surface area contributed by atoms with Gasteiger partial charge in [-0.2, -0.15) is 4.31 Å². The molecule has 0 saturated heterocycles. The van der Waals surface area contributed by atoms with Crippen molar-refractivity contribution in [2.75, 3.05) is 13.6 Å². The normalized spacial score (nSPS) is 12.7. The van der Waals surface area contributed by atoms with Gasteiger partial charge in [-0.15, -0.1) is 6.58 Å². The van der Waals surface area contributed by atoms with Crippen LogP contribution in [-0.4, -0.2) is 50.3 Å². The monoisotopic (exact) mass is 402 g/mol. The Balaban J connectivity index is 3.09. The van der Waals surface area contributed by atoms with Crippen molar-refractivity contribution in [2.24, 2.45) is 0 Å². The summed E-state index contributed by atoms with van der Waals surface area (Å²) in [5, 5.41) is 2.52. The van der Waals surface area contributed by atoms with Crippen LogP contribution >= 0.6 is 11.6 Å². The minimum Gasteiger partial charge on any atom is -0.449 e. The first kappa shape index (κ1) is 22.1. The Kier molecular flexibility index (Phi) is 7.80. The zero-order valence-electron chi connectivity index (χ0n) is 15.2. The molecule has 0 fully saturated rings. The van der Waals surface area contributed by atoms with E-state index >= 15 is 0 Å². The first-order chi connectivity index (χ1) is 12.0. The fourth-order valence-electron chi connectivity index (χ4n) is 1.86. The van der Waals surface area contributed by atoms with Crippen LogP contribution in [0.15, 0.2) is 35.7 Å². The van der Waals surface area contributed by atoms with Gasteiger partial charge in [0.15, 0.2) is 6.10 Å². The van der Waals surface area contributed by atoms with E-state index in [1.54, 1.807) is 13.8 Å². The van der Waals surface area contributed by atoms with Crippen LogP contribution in [0.3, 0.4) is 0 Å². The number of carbonyl (C=O) groups is 2. The van der Waals surface area contributed by atoms with Gasteiger partial charge < -0.3 is 10.1 Å². The van der Waals surface area contributed by atoms with Crippen molar-refractivity contribution in [2.45, 2.75) is 37.8 Å². The fourth-order valence-corrected chi connectivity index (χ4v) is 3.45. The van der Waals surface area contributed by atoms with E-state index in [0.29, 0.717) is 0 Å². The minimum absolute atomic E-state index is 0.0276. The van der Waals surface area contributed by atoms with Crippen LogP contribution < -0.4 is 5.32 Å². The summed E-state index contributed by atoms with van der Waals surface area (Å²) in [5.74, 6) is -1.39. The third kappa shape index (κ3) is 5.30. The molecule has 1 atom stereocenters. The maximum atomic E-state index is 12.6. The molecular weight excluding hydrogens is 380 g/mol. The molecule has 1 aromatic carbocycles. The summed E-state index contributed by atoms with van der Waals surface area (Å²) in [6.07, 6.45) is 0.417. The van der Waals surface area contributed by atoms with Crippen molar-refractivity contribution < 1.29 is 22.7 Å². The second-order valence-electron chi connectivity index (χ2n) is 5.84. The van der Waals surface area contributed by atoms with Gasteiger partial charge in [-0.3, -0.25) is 4.79 Å². The first-order valence-corrected chi connectivity index (χ1v) is 9.71. The number of nitrogens with one attached hydrogen (secondary N) is 1. The standard InChI is InChI=1S/C17H23ClN2O5S/c1-6-9-19-16(21)12(4)25-17(22)14-10-13(7-8-15(14)18)26(23,24)20(5)11(2)3/h6-8,10-12H,1,9H2,2-5H3,(H,19,21)/t12-/m0/s1. The van der Waals surface area contributed by atoms with E-state index in [-0.39, 0.29) is 28.1 Å². The van der Waals surface area contributed by atoms with Gasteiger partial charge in [0.1, 0.15) is 0 Å². The summed E-state index contributed by atoms with van der Waals surface area (Å²) in [6, 6.07) is 3.50. The first-order valence-electron chi connectivity index (χ1n) is 7.89. The number of esters is 1. The molecule has 0 aliphatic carbocycles. The number of sulfonamides is 1. The van der Waals surface area contributed by atoms with Gasteiger partial charge in [0.05, 0.1) is 15.5 Å². The predicted octanol–water partition coefficient (Wildman–Crippen LogP) is 2.22. The molecule has 0 aliphatic heterocycles. The highest BCUT2D eigenvalue weighted by Gasteiger charge is 2.26. The molecule has 0 bridgehead atoms. The third-order valence-electron chi connectivity index (χ3n) is 3.64. The molecule has 7 nitrogen and oxygen atoms in total. The third-order valence-corrected chi connectivity index (χ3v) is 5.99. The van der Waals surface area contributed by atoms with E-state index in [1.165, 1.54) is 36.5 Å². The number of nitrogens with zero attached hydrogens (tertiary/aromatic N) is 1. The molecule has 0 aromatic heterocycles. The Morgan fingerprint density at radius 3 is 2.50 bits per heavy atom. The molecule has 0 radical (unpaired) electrons. The predicted molar refractivity (Wildman–Crippen MR) is 99.6 cm³/mol. The van der Waals surface area contributed by atoms with Gasteiger partial charge in [0.2, 0.25) is 10.0 Å². The van der Waals surface area contributed by atoms with Gasteiger partial charge >= 0.3 is 5.97 Å². The van der Waals surface area contributed by atoms with Crippen LogP contribution in [0.4, 0.5) is 0 Å². The summed E-state index contributed by atoms with van der Waals surface area (Å²) < 4.78 is 31.4. The molecule has 26 heavy (non-hydrogen) atoms. The van der Waals surface area contributed by atoms with Gasteiger partial charge in [-0.1, -0.05) is 17.7 Å². The minimum atomic E-state index is -3.79. The van der Waals surface area contributed by atoms with Crippen molar-refractivity contribution in [3.05, 3.63) is 41.4 Å². The fraction of sp³-hybridized carbons (Fsp3) is 0.412. The number of ether oxygens (including phenoxy) is 1. The summed E-state index contributed by atoms with van der Waals surface area (Å²) in [4.78, 5) is 24.0. The molecule has 0 saturated carbocycles. The number of halogens is 1. The largest absolute Gasteiger partial charge is 0.449 e. The Morgan fingerprint density at radius 1 is 1.35 bits per heavy atom. The van der Waals surface area contributed by atoms with E-state index in [2.05, 4.69) is 11.9 Å². The summed E-state index contributed by atoms with van der Waals surface area (Å²) >= 11 is 6.01. The number of rotatable bonds is 8. The van der Waals surface area contributed by atoms with Crippen molar-refractivity contribution in [3.63, 3.8) is 0 Å². The topological polar surface area (TPSA) is 92.8 Å². The highest BCUT2D eigenvalue weighted by molar-refractivity contribution is 7.89. The van der Waals surface area contributed by atoms with E-state index in [0.717, 1.165) is 6.07 Å². The molecule has 0 aliphatic rings. The van der Waals surface area contributed by atoms with Crippen molar-refractivity contribution in [1.29, 1.82) is 0 Å². The smallest absolute Gasteiger partial charge is 0.340 e. The number of carbonyl (C=O) groups excluding carboxylic acids is 2. The molecule has 1 rings (SSSR count). The molecule has 144 valence electrons. The molecule has 1 aromatic rings. The second kappa shape index (κ2) is 9.16. The SMILES string of the molecule is C=CCNC(=O)[C@H](C)OC(=O)c1cc(S(=O)(=O)N(C)C(C)C)ccc1Cl. The zero-order valence-corrected chi connectivity index (χ0v) is 16.7.